The molecule has 0 spiro atoms. The van der Waals surface area contributed by atoms with Crippen molar-refractivity contribution < 1.29 is 73.5 Å². The summed E-state index contributed by atoms with van der Waals surface area (Å²) in [6.07, 6.45) is 0.956. The monoisotopic (exact) mass is 253 g/mol. The number of hydrogen-bond acceptors (Lipinski definition) is 4. The van der Waals surface area contributed by atoms with Gasteiger partial charge in [-0.25, -0.2) is 0 Å². The molecule has 0 amide bonds. The standard InChI is InChI=1S/C8H20NO3P.2Na/c1-8(2,3)9-6-4-5-7-13(10,11)12;;/h9H,4-7H2,1-3H3,(H2,10,11,12);;/q;2*+1/p-2. The van der Waals surface area contributed by atoms with Gasteiger partial charge >= 0.3 is 59.1 Å². The predicted molar refractivity (Wildman–Crippen MR) is 49.5 cm³/mol. The second kappa shape index (κ2) is 10.1. The van der Waals surface area contributed by atoms with Gasteiger partial charge in [0.1, 0.15) is 0 Å². The number of nitrogens with one attached hydrogen (secondary N) is 1. The normalized spacial score (nSPS) is 11.5. The SMILES string of the molecule is CC(C)(C)NCCCCP(=O)([O-])[O-].[Na+].[Na+]. The molecule has 0 aromatic carbocycles. The molecule has 0 saturated carbocycles. The summed E-state index contributed by atoms with van der Waals surface area (Å²) in [4.78, 5) is 20.5. The Bertz CT molecular complexity index is 191. The van der Waals surface area contributed by atoms with Crippen molar-refractivity contribution in [3.63, 3.8) is 0 Å². The van der Waals surface area contributed by atoms with Crippen LogP contribution in [0.15, 0.2) is 0 Å². The van der Waals surface area contributed by atoms with Crippen molar-refractivity contribution in [3.8, 4) is 0 Å². The third kappa shape index (κ3) is 21.9. The molecule has 0 aliphatic carbocycles. The number of unbranched alkanes of at least 4 members (excludes halogenated alkanes) is 1. The zero-order valence-electron chi connectivity index (χ0n) is 10.5. The van der Waals surface area contributed by atoms with Gasteiger partial charge in [0, 0.05) is 5.54 Å². The molecule has 0 radical (unpaired) electrons. The third-order valence-corrected chi connectivity index (χ3v) is 2.38. The fourth-order valence-electron chi connectivity index (χ4n) is 0.894. The maximum Gasteiger partial charge on any atom is 1.00 e. The van der Waals surface area contributed by atoms with Crippen LogP contribution in [0.1, 0.15) is 33.6 Å². The van der Waals surface area contributed by atoms with Crippen LogP contribution < -0.4 is 74.2 Å². The van der Waals surface area contributed by atoms with Crippen LogP contribution in [0.5, 0.6) is 0 Å². The van der Waals surface area contributed by atoms with E-state index in [1.165, 1.54) is 0 Å². The fraction of sp³-hybridized carbons (Fsp3) is 1.00. The molecule has 0 unspecified atom stereocenters. The van der Waals surface area contributed by atoms with E-state index in [1.54, 1.807) is 0 Å². The summed E-state index contributed by atoms with van der Waals surface area (Å²) < 4.78 is 10.2. The fourth-order valence-corrected chi connectivity index (χ4v) is 1.50. The minimum absolute atomic E-state index is 0. The molecule has 0 bridgehead atoms. The molecule has 0 fully saturated rings. The van der Waals surface area contributed by atoms with E-state index in [0.29, 0.717) is 6.42 Å². The van der Waals surface area contributed by atoms with Crippen LogP contribution in [0.25, 0.3) is 0 Å². The van der Waals surface area contributed by atoms with Gasteiger partial charge in [-0.15, -0.1) is 0 Å². The van der Waals surface area contributed by atoms with E-state index in [1.807, 2.05) is 20.8 Å². The van der Waals surface area contributed by atoms with Gasteiger partial charge in [-0.3, -0.25) is 0 Å². The molecular formula is C8H18NNa2O3P. The van der Waals surface area contributed by atoms with E-state index in [4.69, 9.17) is 0 Å². The first-order valence-corrected chi connectivity index (χ1v) is 6.20. The van der Waals surface area contributed by atoms with Crippen LogP contribution >= 0.6 is 7.60 Å². The van der Waals surface area contributed by atoms with Gasteiger partial charge in [0.15, 0.2) is 0 Å². The molecule has 0 saturated heterocycles. The summed E-state index contributed by atoms with van der Waals surface area (Å²) in [5, 5.41) is 3.21. The molecule has 4 nitrogen and oxygen atoms in total. The van der Waals surface area contributed by atoms with E-state index >= 15 is 0 Å². The predicted octanol–water partition coefficient (Wildman–Crippen LogP) is -5.92. The van der Waals surface area contributed by atoms with Crippen molar-refractivity contribution in [3.05, 3.63) is 0 Å². The van der Waals surface area contributed by atoms with E-state index in [0.717, 1.165) is 13.0 Å². The second-order valence-electron chi connectivity index (χ2n) is 4.22. The molecule has 0 rings (SSSR count). The second-order valence-corrected chi connectivity index (χ2v) is 5.89. The molecule has 0 aromatic rings. The molecule has 15 heavy (non-hydrogen) atoms. The largest absolute Gasteiger partial charge is 1.00 e. The Balaban J connectivity index is -0.000000720. The summed E-state index contributed by atoms with van der Waals surface area (Å²) in [5.41, 5.74) is 0.0542. The summed E-state index contributed by atoms with van der Waals surface area (Å²) in [7, 11) is -4.27. The molecule has 0 aliphatic heterocycles. The van der Waals surface area contributed by atoms with Gasteiger partial charge in [-0.2, -0.15) is 0 Å². The maximum atomic E-state index is 10.2. The van der Waals surface area contributed by atoms with E-state index in [2.05, 4.69) is 5.32 Å². The zero-order valence-corrected chi connectivity index (χ0v) is 15.4. The molecule has 0 aliphatic rings. The Kier molecular flexibility index (Phi) is 15.0. The summed E-state index contributed by atoms with van der Waals surface area (Å²) in [5.74, 6) is 0. The molecule has 0 heterocycles. The topological polar surface area (TPSA) is 75.2 Å². The van der Waals surface area contributed by atoms with Crippen molar-refractivity contribution in [1.82, 2.24) is 5.32 Å². The summed E-state index contributed by atoms with van der Waals surface area (Å²) in [6, 6.07) is 0. The first kappa shape index (κ1) is 22.3. The van der Waals surface area contributed by atoms with Gasteiger partial charge in [0.25, 0.3) is 0 Å². The van der Waals surface area contributed by atoms with Crippen molar-refractivity contribution in [2.24, 2.45) is 0 Å². The van der Waals surface area contributed by atoms with Crippen LogP contribution in [0, 0.1) is 0 Å². The quantitative estimate of drug-likeness (QED) is 0.301. The average molecular weight is 253 g/mol. The average Bonchev–Trinajstić information content (AvgIpc) is 1.81. The Labute approximate surface area is 137 Å². The van der Waals surface area contributed by atoms with Crippen LogP contribution in [-0.4, -0.2) is 18.2 Å². The van der Waals surface area contributed by atoms with Crippen molar-refractivity contribution in [2.75, 3.05) is 12.7 Å². The Morgan fingerprint density at radius 2 is 1.60 bits per heavy atom. The van der Waals surface area contributed by atoms with Crippen LogP contribution in [0.4, 0.5) is 0 Å². The molecular weight excluding hydrogens is 235 g/mol. The van der Waals surface area contributed by atoms with Crippen LogP contribution in [0.3, 0.4) is 0 Å². The van der Waals surface area contributed by atoms with E-state index in [9.17, 15) is 14.4 Å². The van der Waals surface area contributed by atoms with Crippen molar-refractivity contribution >= 4 is 7.60 Å². The number of rotatable bonds is 5. The minimum atomic E-state index is -4.27. The molecule has 7 heteroatoms. The molecule has 1 N–H and O–H groups in total. The van der Waals surface area contributed by atoms with Crippen LogP contribution in [0.2, 0.25) is 0 Å². The summed E-state index contributed by atoms with van der Waals surface area (Å²) >= 11 is 0. The zero-order chi connectivity index (χ0) is 10.5. The summed E-state index contributed by atoms with van der Waals surface area (Å²) in [6.45, 7) is 6.88. The first-order valence-electron chi connectivity index (χ1n) is 4.47. The maximum absolute atomic E-state index is 10.2. The van der Waals surface area contributed by atoms with Gasteiger partial charge in [-0.1, -0.05) is 7.60 Å². The van der Waals surface area contributed by atoms with Gasteiger partial charge in [-0.05, 0) is 46.3 Å². The molecule has 80 valence electrons. The third-order valence-electron chi connectivity index (χ3n) is 1.51. The van der Waals surface area contributed by atoms with Gasteiger partial charge in [0.2, 0.25) is 0 Å². The minimum Gasteiger partial charge on any atom is -0.811 e. The Morgan fingerprint density at radius 3 is 1.93 bits per heavy atom. The van der Waals surface area contributed by atoms with E-state index in [-0.39, 0.29) is 70.8 Å². The van der Waals surface area contributed by atoms with Crippen molar-refractivity contribution in [2.45, 2.75) is 39.2 Å². The van der Waals surface area contributed by atoms with E-state index < -0.39 is 7.60 Å². The molecule has 0 atom stereocenters. The molecule has 0 aromatic heterocycles. The number of hydrogen-bond donors (Lipinski definition) is 1. The van der Waals surface area contributed by atoms with Gasteiger partial charge in [0.05, 0.1) is 0 Å². The van der Waals surface area contributed by atoms with Crippen molar-refractivity contribution in [1.29, 1.82) is 0 Å². The Hall–Kier alpha value is 2.11. The van der Waals surface area contributed by atoms with Gasteiger partial charge < -0.3 is 19.7 Å². The Morgan fingerprint density at radius 1 is 1.13 bits per heavy atom. The first-order chi connectivity index (χ1) is 5.71. The van der Waals surface area contributed by atoms with Crippen LogP contribution in [-0.2, 0) is 4.57 Å². The smallest absolute Gasteiger partial charge is 0.811 e.